The van der Waals surface area contributed by atoms with Crippen LogP contribution in [0.5, 0.6) is 0 Å². The Morgan fingerprint density at radius 2 is 1.96 bits per heavy atom. The van der Waals surface area contributed by atoms with Gasteiger partial charge in [0.15, 0.2) is 0 Å². The third kappa shape index (κ3) is 2.42. The van der Waals surface area contributed by atoms with Gasteiger partial charge in [-0.1, -0.05) is 18.2 Å². The molecule has 24 heavy (non-hydrogen) atoms. The van der Waals surface area contributed by atoms with Gasteiger partial charge in [-0.05, 0) is 43.5 Å². The Kier molecular flexibility index (Phi) is 3.72. The van der Waals surface area contributed by atoms with E-state index >= 15 is 0 Å². The maximum Gasteiger partial charge on any atom is 0.133 e. The van der Waals surface area contributed by atoms with Gasteiger partial charge < -0.3 is 5.32 Å². The van der Waals surface area contributed by atoms with Gasteiger partial charge >= 0.3 is 0 Å². The number of nitrogens with one attached hydrogen (secondary N) is 1. The highest BCUT2D eigenvalue weighted by atomic mass is 15.3. The molecule has 0 fully saturated rings. The van der Waals surface area contributed by atoms with Gasteiger partial charge in [0.25, 0.3) is 0 Å². The summed E-state index contributed by atoms with van der Waals surface area (Å²) in [6, 6.07) is 15.7. The summed E-state index contributed by atoms with van der Waals surface area (Å²) in [5.74, 6) is 0.982. The SMILES string of the molecule is N#Cc1ccccc1-n1nc(-c2ccccn2)c2c1NCCCC2. The van der Waals surface area contributed by atoms with Gasteiger partial charge in [-0.2, -0.15) is 10.4 Å². The van der Waals surface area contributed by atoms with E-state index in [-0.39, 0.29) is 0 Å². The molecule has 1 aliphatic heterocycles. The van der Waals surface area contributed by atoms with E-state index in [1.54, 1.807) is 6.20 Å². The van der Waals surface area contributed by atoms with E-state index in [4.69, 9.17) is 5.10 Å². The summed E-state index contributed by atoms with van der Waals surface area (Å²) >= 11 is 0. The van der Waals surface area contributed by atoms with Crippen LogP contribution in [0.25, 0.3) is 17.1 Å². The molecule has 1 N–H and O–H groups in total. The van der Waals surface area contributed by atoms with Crippen molar-refractivity contribution in [2.75, 3.05) is 11.9 Å². The molecule has 0 atom stereocenters. The van der Waals surface area contributed by atoms with Crippen molar-refractivity contribution in [2.45, 2.75) is 19.3 Å². The average Bonchev–Trinajstić information content (AvgIpc) is 2.83. The monoisotopic (exact) mass is 315 g/mol. The fraction of sp³-hybridized carbons (Fsp3) is 0.211. The number of hydrogen-bond acceptors (Lipinski definition) is 4. The molecule has 118 valence electrons. The largest absolute Gasteiger partial charge is 0.370 e. The summed E-state index contributed by atoms with van der Waals surface area (Å²) < 4.78 is 1.86. The fourth-order valence-corrected chi connectivity index (χ4v) is 3.14. The van der Waals surface area contributed by atoms with Crippen LogP contribution in [-0.4, -0.2) is 21.3 Å². The molecule has 0 unspecified atom stereocenters. The Labute approximate surface area is 140 Å². The van der Waals surface area contributed by atoms with Crippen molar-refractivity contribution in [3.05, 3.63) is 59.8 Å². The number of benzene rings is 1. The van der Waals surface area contributed by atoms with Crippen LogP contribution in [0, 0.1) is 11.3 Å². The van der Waals surface area contributed by atoms with Crippen LogP contribution >= 0.6 is 0 Å². The predicted molar refractivity (Wildman–Crippen MR) is 92.9 cm³/mol. The zero-order valence-corrected chi connectivity index (χ0v) is 13.2. The molecule has 0 aliphatic carbocycles. The van der Waals surface area contributed by atoms with E-state index in [1.165, 1.54) is 5.56 Å². The normalized spacial score (nSPS) is 13.5. The molecule has 0 spiro atoms. The highest BCUT2D eigenvalue weighted by molar-refractivity contribution is 5.69. The quantitative estimate of drug-likeness (QED) is 0.785. The number of aromatic nitrogens is 3. The summed E-state index contributed by atoms with van der Waals surface area (Å²) in [5, 5.41) is 17.8. The minimum Gasteiger partial charge on any atom is -0.370 e. The van der Waals surface area contributed by atoms with Gasteiger partial charge in [-0.15, -0.1) is 0 Å². The predicted octanol–water partition coefficient (Wildman–Crippen LogP) is 3.55. The van der Waals surface area contributed by atoms with Crippen LogP contribution in [0.3, 0.4) is 0 Å². The Morgan fingerprint density at radius 3 is 2.79 bits per heavy atom. The second-order valence-corrected chi connectivity index (χ2v) is 5.82. The summed E-state index contributed by atoms with van der Waals surface area (Å²) in [6.07, 6.45) is 4.98. The van der Waals surface area contributed by atoms with Crippen molar-refractivity contribution >= 4 is 5.82 Å². The first-order valence-electron chi connectivity index (χ1n) is 8.15. The molecule has 0 saturated carbocycles. The molecule has 3 heterocycles. The minimum atomic E-state index is 0.612. The van der Waals surface area contributed by atoms with Gasteiger partial charge in [-0.25, -0.2) is 4.68 Å². The van der Waals surface area contributed by atoms with Gasteiger partial charge in [0, 0.05) is 18.3 Å². The third-order valence-electron chi connectivity index (χ3n) is 4.29. The van der Waals surface area contributed by atoms with Crippen LogP contribution in [0.4, 0.5) is 5.82 Å². The molecule has 1 aliphatic rings. The molecule has 5 nitrogen and oxygen atoms in total. The molecule has 5 heteroatoms. The van der Waals surface area contributed by atoms with E-state index in [0.29, 0.717) is 5.56 Å². The summed E-state index contributed by atoms with van der Waals surface area (Å²) in [7, 11) is 0. The van der Waals surface area contributed by atoms with Gasteiger partial charge in [0.05, 0.1) is 16.9 Å². The van der Waals surface area contributed by atoms with Crippen molar-refractivity contribution in [2.24, 2.45) is 0 Å². The number of nitrogens with zero attached hydrogens (tertiary/aromatic N) is 4. The molecule has 4 rings (SSSR count). The van der Waals surface area contributed by atoms with Crippen LogP contribution in [0.15, 0.2) is 48.7 Å². The van der Waals surface area contributed by atoms with Crippen molar-refractivity contribution in [1.29, 1.82) is 5.26 Å². The van der Waals surface area contributed by atoms with Crippen LogP contribution < -0.4 is 5.32 Å². The Bertz CT molecular complexity index is 905. The molecular weight excluding hydrogens is 298 g/mol. The van der Waals surface area contributed by atoms with Crippen LogP contribution in [-0.2, 0) is 6.42 Å². The maximum atomic E-state index is 9.44. The Balaban J connectivity index is 1.95. The van der Waals surface area contributed by atoms with Crippen molar-refractivity contribution in [3.8, 4) is 23.1 Å². The lowest BCUT2D eigenvalue weighted by atomic mass is 10.1. The van der Waals surface area contributed by atoms with Gasteiger partial charge in [-0.3, -0.25) is 4.98 Å². The fourth-order valence-electron chi connectivity index (χ4n) is 3.14. The summed E-state index contributed by atoms with van der Waals surface area (Å²) in [5.41, 5.74) is 4.35. The average molecular weight is 315 g/mol. The van der Waals surface area contributed by atoms with Crippen LogP contribution in [0.2, 0.25) is 0 Å². The van der Waals surface area contributed by atoms with Crippen molar-refractivity contribution < 1.29 is 0 Å². The number of rotatable bonds is 2. The summed E-state index contributed by atoms with van der Waals surface area (Å²) in [4.78, 5) is 4.47. The molecular formula is C19H17N5. The minimum absolute atomic E-state index is 0.612. The zero-order chi connectivity index (χ0) is 16.4. The Hall–Kier alpha value is -3.13. The highest BCUT2D eigenvalue weighted by Gasteiger charge is 2.23. The lowest BCUT2D eigenvalue weighted by Crippen LogP contribution is -2.08. The third-order valence-corrected chi connectivity index (χ3v) is 4.29. The number of hydrogen-bond donors (Lipinski definition) is 1. The molecule has 0 radical (unpaired) electrons. The topological polar surface area (TPSA) is 66.5 Å². The summed E-state index contributed by atoms with van der Waals surface area (Å²) in [6.45, 7) is 0.912. The van der Waals surface area contributed by atoms with E-state index in [2.05, 4.69) is 16.4 Å². The maximum absolute atomic E-state index is 9.44. The highest BCUT2D eigenvalue weighted by Crippen LogP contribution is 2.33. The first-order valence-corrected chi connectivity index (χ1v) is 8.15. The smallest absolute Gasteiger partial charge is 0.133 e. The standard InChI is InChI=1S/C19H17N5/c20-13-14-7-1-2-10-17(14)24-19-15(8-3-5-12-22-19)18(23-24)16-9-4-6-11-21-16/h1-2,4,6-7,9-11,22H,3,5,8,12H2. The lowest BCUT2D eigenvalue weighted by molar-refractivity contribution is 0.779. The zero-order valence-electron chi connectivity index (χ0n) is 13.2. The van der Waals surface area contributed by atoms with Crippen LogP contribution in [0.1, 0.15) is 24.0 Å². The first-order chi connectivity index (χ1) is 11.9. The van der Waals surface area contributed by atoms with Gasteiger partial charge in [0.2, 0.25) is 0 Å². The van der Waals surface area contributed by atoms with Gasteiger partial charge in [0.1, 0.15) is 17.6 Å². The Morgan fingerprint density at radius 1 is 1.08 bits per heavy atom. The number of para-hydroxylation sites is 1. The van der Waals surface area contributed by atoms with Crippen molar-refractivity contribution in [1.82, 2.24) is 14.8 Å². The van der Waals surface area contributed by atoms with E-state index in [9.17, 15) is 5.26 Å². The molecule has 0 bridgehead atoms. The van der Waals surface area contributed by atoms with E-state index in [1.807, 2.05) is 47.1 Å². The molecule has 0 amide bonds. The number of anilines is 1. The van der Waals surface area contributed by atoms with E-state index < -0.39 is 0 Å². The molecule has 0 saturated heterocycles. The molecule has 1 aromatic carbocycles. The number of pyridine rings is 1. The molecule has 2 aromatic heterocycles. The number of fused-ring (bicyclic) bond motifs is 1. The lowest BCUT2D eigenvalue weighted by Gasteiger charge is -2.10. The number of nitriles is 1. The molecule has 3 aromatic rings. The second kappa shape index (κ2) is 6.17. The second-order valence-electron chi connectivity index (χ2n) is 5.82. The first kappa shape index (κ1) is 14.5. The van der Waals surface area contributed by atoms with E-state index in [0.717, 1.165) is 48.7 Å². The van der Waals surface area contributed by atoms with Crippen molar-refractivity contribution in [3.63, 3.8) is 0 Å².